The molecule has 2 N–H and O–H groups in total. The van der Waals surface area contributed by atoms with Crippen molar-refractivity contribution in [3.63, 3.8) is 0 Å². The third-order valence-electron chi connectivity index (χ3n) is 1.87. The molecule has 0 aliphatic rings. The zero-order chi connectivity index (χ0) is 9.97. The van der Waals surface area contributed by atoms with Gasteiger partial charge in [-0.05, 0) is 12.1 Å². The van der Waals surface area contributed by atoms with Gasteiger partial charge < -0.3 is 10.9 Å². The van der Waals surface area contributed by atoms with Crippen LogP contribution in [0.1, 0.15) is 0 Å². The number of hydrogen-bond acceptors (Lipinski definition) is 3. The molecule has 0 saturated carbocycles. The van der Waals surface area contributed by atoms with Gasteiger partial charge in [-0.2, -0.15) is 4.73 Å². The van der Waals surface area contributed by atoms with E-state index < -0.39 is 0 Å². The highest BCUT2D eigenvalue weighted by Gasteiger charge is 2.08. The van der Waals surface area contributed by atoms with Crippen LogP contribution in [0, 0.1) is 5.21 Å². The summed E-state index contributed by atoms with van der Waals surface area (Å²) in [6.45, 7) is 0. The summed E-state index contributed by atoms with van der Waals surface area (Å²) in [5.41, 5.74) is 7.22. The maximum absolute atomic E-state index is 11.4. The van der Waals surface area contributed by atoms with Gasteiger partial charge in [0.05, 0.1) is 0 Å². The second-order valence-electron chi connectivity index (χ2n) is 2.89. The van der Waals surface area contributed by atoms with E-state index in [0.717, 1.165) is 4.73 Å². The van der Waals surface area contributed by atoms with Gasteiger partial charge in [0.15, 0.2) is 6.20 Å². The molecule has 0 atom stereocenters. The summed E-state index contributed by atoms with van der Waals surface area (Å²) < 4.78 is 0.749. The number of hydrogen-bond donors (Lipinski definition) is 1. The number of nitrogens with two attached hydrogens (primary N) is 1. The SMILES string of the molecule is Nc1cc[n+]([O-])c(-c2ccccn2)c1. The number of anilines is 1. The summed E-state index contributed by atoms with van der Waals surface area (Å²) in [5, 5.41) is 11.4. The Morgan fingerprint density at radius 1 is 1.29 bits per heavy atom. The first kappa shape index (κ1) is 8.50. The molecule has 70 valence electrons. The largest absolute Gasteiger partial charge is 0.618 e. The Morgan fingerprint density at radius 3 is 2.86 bits per heavy atom. The van der Waals surface area contributed by atoms with Crippen molar-refractivity contribution in [2.45, 2.75) is 0 Å². The molecule has 0 aromatic carbocycles. The van der Waals surface area contributed by atoms with Crippen molar-refractivity contribution in [3.8, 4) is 11.4 Å². The van der Waals surface area contributed by atoms with E-state index in [0.29, 0.717) is 17.1 Å². The van der Waals surface area contributed by atoms with Crippen molar-refractivity contribution in [1.82, 2.24) is 4.98 Å². The van der Waals surface area contributed by atoms with Crippen LogP contribution in [-0.4, -0.2) is 4.98 Å². The lowest BCUT2D eigenvalue weighted by Gasteiger charge is -2.03. The lowest BCUT2D eigenvalue weighted by molar-refractivity contribution is -0.593. The highest BCUT2D eigenvalue weighted by atomic mass is 16.5. The van der Waals surface area contributed by atoms with E-state index in [2.05, 4.69) is 4.98 Å². The van der Waals surface area contributed by atoms with E-state index in [1.54, 1.807) is 30.5 Å². The third kappa shape index (κ3) is 1.50. The lowest BCUT2D eigenvalue weighted by atomic mass is 10.2. The zero-order valence-corrected chi connectivity index (χ0v) is 7.42. The fourth-order valence-electron chi connectivity index (χ4n) is 1.20. The topological polar surface area (TPSA) is 65.8 Å². The van der Waals surface area contributed by atoms with Crippen LogP contribution in [0.5, 0.6) is 0 Å². The standard InChI is InChI=1S/C10H9N3O/c11-8-4-6-13(14)10(7-8)9-3-1-2-5-12-9/h1-7H,11H2. The van der Waals surface area contributed by atoms with Gasteiger partial charge in [-0.25, -0.2) is 4.98 Å². The van der Waals surface area contributed by atoms with Crippen molar-refractivity contribution in [2.24, 2.45) is 0 Å². The Kier molecular flexibility index (Phi) is 2.02. The maximum atomic E-state index is 11.4. The van der Waals surface area contributed by atoms with Crippen LogP contribution in [0.3, 0.4) is 0 Å². The zero-order valence-electron chi connectivity index (χ0n) is 7.42. The smallest absolute Gasteiger partial charge is 0.244 e. The summed E-state index contributed by atoms with van der Waals surface area (Å²) in [6.07, 6.45) is 3.01. The first-order valence-corrected chi connectivity index (χ1v) is 4.17. The van der Waals surface area contributed by atoms with Crippen LogP contribution < -0.4 is 10.5 Å². The molecule has 0 amide bonds. The van der Waals surface area contributed by atoms with E-state index in [-0.39, 0.29) is 0 Å². The highest BCUT2D eigenvalue weighted by Crippen LogP contribution is 2.13. The predicted molar refractivity (Wildman–Crippen MR) is 53.0 cm³/mol. The average Bonchev–Trinajstić information content (AvgIpc) is 2.23. The van der Waals surface area contributed by atoms with Crippen LogP contribution in [-0.2, 0) is 0 Å². The van der Waals surface area contributed by atoms with Crippen LogP contribution in [0.4, 0.5) is 5.69 Å². The van der Waals surface area contributed by atoms with Crippen molar-refractivity contribution in [2.75, 3.05) is 5.73 Å². The van der Waals surface area contributed by atoms with Gasteiger partial charge in [-0.1, -0.05) is 6.07 Å². The fourth-order valence-corrected chi connectivity index (χ4v) is 1.20. The number of rotatable bonds is 1. The molecule has 0 fully saturated rings. The lowest BCUT2D eigenvalue weighted by Crippen LogP contribution is -2.28. The molecule has 4 heteroatoms. The summed E-state index contributed by atoms with van der Waals surface area (Å²) in [5.74, 6) is 0. The van der Waals surface area contributed by atoms with Gasteiger partial charge >= 0.3 is 0 Å². The Morgan fingerprint density at radius 2 is 2.14 bits per heavy atom. The first-order chi connectivity index (χ1) is 6.77. The maximum Gasteiger partial charge on any atom is 0.244 e. The average molecular weight is 187 g/mol. The molecule has 0 spiro atoms. The second-order valence-corrected chi connectivity index (χ2v) is 2.89. The molecule has 0 aliphatic carbocycles. The van der Waals surface area contributed by atoms with Crippen molar-refractivity contribution < 1.29 is 4.73 Å². The van der Waals surface area contributed by atoms with Crippen molar-refractivity contribution >= 4 is 5.69 Å². The molecule has 0 unspecified atom stereocenters. The van der Waals surface area contributed by atoms with Crippen molar-refractivity contribution in [1.29, 1.82) is 0 Å². The molecule has 4 nitrogen and oxygen atoms in total. The second kappa shape index (κ2) is 3.33. The first-order valence-electron chi connectivity index (χ1n) is 4.17. The molecular weight excluding hydrogens is 178 g/mol. The Bertz CT molecular complexity index is 442. The van der Waals surface area contributed by atoms with Crippen molar-refractivity contribution in [3.05, 3.63) is 47.9 Å². The summed E-state index contributed by atoms with van der Waals surface area (Å²) >= 11 is 0. The Balaban J connectivity index is 2.57. The summed E-state index contributed by atoms with van der Waals surface area (Å²) in [4.78, 5) is 4.07. The molecule has 0 aliphatic heterocycles. The van der Waals surface area contributed by atoms with Crippen LogP contribution in [0.15, 0.2) is 42.7 Å². The van der Waals surface area contributed by atoms with E-state index in [1.165, 1.54) is 6.20 Å². The minimum atomic E-state index is 0.464. The Hall–Kier alpha value is -2.10. The molecule has 2 heterocycles. The van der Waals surface area contributed by atoms with Gasteiger partial charge in [0, 0.05) is 24.0 Å². The Labute approximate surface area is 81.2 Å². The number of pyridine rings is 2. The van der Waals surface area contributed by atoms with E-state index in [9.17, 15) is 5.21 Å². The minimum absolute atomic E-state index is 0.464. The third-order valence-corrected chi connectivity index (χ3v) is 1.87. The number of nitrogens with zero attached hydrogens (tertiary/aromatic N) is 2. The molecule has 2 aromatic heterocycles. The number of nitrogen functional groups attached to an aromatic ring is 1. The van der Waals surface area contributed by atoms with Gasteiger partial charge in [-0.15, -0.1) is 0 Å². The molecular formula is C10H9N3O. The van der Waals surface area contributed by atoms with Gasteiger partial charge in [0.25, 0.3) is 0 Å². The normalized spacial score (nSPS) is 10.0. The molecule has 0 radical (unpaired) electrons. The van der Waals surface area contributed by atoms with Gasteiger partial charge in [-0.3, -0.25) is 0 Å². The molecule has 0 saturated heterocycles. The van der Waals surface area contributed by atoms with E-state index in [4.69, 9.17) is 5.73 Å². The predicted octanol–water partition coefficient (Wildman–Crippen LogP) is 0.964. The quantitative estimate of drug-likeness (QED) is 0.534. The summed E-state index contributed by atoms with van der Waals surface area (Å²) in [7, 11) is 0. The summed E-state index contributed by atoms with van der Waals surface area (Å²) in [6, 6.07) is 8.55. The van der Waals surface area contributed by atoms with Crippen LogP contribution in [0.2, 0.25) is 0 Å². The molecule has 2 rings (SSSR count). The number of aromatic nitrogens is 2. The van der Waals surface area contributed by atoms with E-state index in [1.807, 2.05) is 6.07 Å². The monoisotopic (exact) mass is 187 g/mol. The fraction of sp³-hybridized carbons (Fsp3) is 0. The van der Waals surface area contributed by atoms with Crippen LogP contribution >= 0.6 is 0 Å². The van der Waals surface area contributed by atoms with E-state index >= 15 is 0 Å². The molecule has 2 aromatic rings. The van der Waals surface area contributed by atoms with Gasteiger partial charge in [0.2, 0.25) is 5.69 Å². The van der Waals surface area contributed by atoms with Gasteiger partial charge in [0.1, 0.15) is 5.69 Å². The highest BCUT2D eigenvalue weighted by molar-refractivity contribution is 5.55. The molecule has 14 heavy (non-hydrogen) atoms. The van der Waals surface area contributed by atoms with Crippen LogP contribution in [0.25, 0.3) is 11.4 Å². The molecule has 0 bridgehead atoms. The minimum Gasteiger partial charge on any atom is -0.618 e.